The molecule has 0 radical (unpaired) electrons. The summed E-state index contributed by atoms with van der Waals surface area (Å²) in [6.45, 7) is 4.06. The fraction of sp³-hybridized carbons (Fsp3) is 0.400. The van der Waals surface area contributed by atoms with E-state index in [1.165, 1.54) is 0 Å². The summed E-state index contributed by atoms with van der Waals surface area (Å²) >= 11 is 5.57. The quantitative estimate of drug-likeness (QED) is 0.569. The highest BCUT2D eigenvalue weighted by Crippen LogP contribution is 2.34. The lowest BCUT2D eigenvalue weighted by molar-refractivity contribution is 0.355. The number of hydrogen-bond donors (Lipinski definition) is 2. The first kappa shape index (κ1) is 20.1. The lowest BCUT2D eigenvalue weighted by Gasteiger charge is -2.37. The zero-order valence-electron chi connectivity index (χ0n) is 17.1. The summed E-state index contributed by atoms with van der Waals surface area (Å²) in [6, 6.07) is 3.82. The minimum absolute atomic E-state index is 0.658. The summed E-state index contributed by atoms with van der Waals surface area (Å²) in [6.07, 6.45) is 6.02. The summed E-state index contributed by atoms with van der Waals surface area (Å²) < 4.78 is 10.9. The standard InChI is InChI=1S/C20H25N7O2S/c1-28-17-9-15-16(10-18(17)29-2)24-13-25-19(15)26-5-7-27(8-6-26)20(30)22-4-3-14-11-21-12-23-14/h9-13H,3-8H2,1-2H3,(H,21,23)(H,22,30). The van der Waals surface area contributed by atoms with Crippen LogP contribution in [0.3, 0.4) is 0 Å². The zero-order valence-corrected chi connectivity index (χ0v) is 17.9. The van der Waals surface area contributed by atoms with Crippen molar-refractivity contribution in [3.63, 3.8) is 0 Å². The van der Waals surface area contributed by atoms with Crippen LogP contribution in [-0.2, 0) is 6.42 Å². The number of methoxy groups -OCH3 is 2. The molecule has 1 fully saturated rings. The normalized spacial score (nSPS) is 14.1. The van der Waals surface area contributed by atoms with Gasteiger partial charge in [-0.1, -0.05) is 0 Å². The van der Waals surface area contributed by atoms with Gasteiger partial charge < -0.3 is 29.6 Å². The molecule has 3 heterocycles. The minimum Gasteiger partial charge on any atom is -0.493 e. The Morgan fingerprint density at radius 1 is 1.10 bits per heavy atom. The van der Waals surface area contributed by atoms with E-state index in [-0.39, 0.29) is 0 Å². The molecule has 0 saturated carbocycles. The van der Waals surface area contributed by atoms with E-state index < -0.39 is 0 Å². The number of H-pyrrole nitrogens is 1. The maximum absolute atomic E-state index is 5.57. The second-order valence-electron chi connectivity index (χ2n) is 6.94. The molecular weight excluding hydrogens is 402 g/mol. The molecule has 158 valence electrons. The molecule has 0 bridgehead atoms. The Kier molecular flexibility index (Phi) is 6.12. The van der Waals surface area contributed by atoms with Crippen molar-refractivity contribution in [1.29, 1.82) is 0 Å². The van der Waals surface area contributed by atoms with E-state index in [9.17, 15) is 0 Å². The molecule has 1 aliphatic heterocycles. The SMILES string of the molecule is COc1cc2ncnc(N3CCN(C(=S)NCCc4c[nH]cn4)CC3)c2cc1OC. The van der Waals surface area contributed by atoms with Crippen LogP contribution >= 0.6 is 12.2 Å². The number of piperazine rings is 1. The third kappa shape index (κ3) is 4.23. The molecule has 10 heteroatoms. The average molecular weight is 428 g/mol. The Morgan fingerprint density at radius 2 is 1.87 bits per heavy atom. The molecule has 0 amide bonds. The van der Waals surface area contributed by atoms with Crippen molar-refractivity contribution in [2.45, 2.75) is 6.42 Å². The number of ether oxygens (including phenoxy) is 2. The van der Waals surface area contributed by atoms with Crippen molar-refractivity contribution in [2.24, 2.45) is 0 Å². The fourth-order valence-electron chi connectivity index (χ4n) is 3.58. The van der Waals surface area contributed by atoms with Gasteiger partial charge in [-0.05, 0) is 18.3 Å². The smallest absolute Gasteiger partial charge is 0.169 e. The number of aromatic amines is 1. The van der Waals surface area contributed by atoms with E-state index in [1.54, 1.807) is 26.9 Å². The number of rotatable bonds is 6. The summed E-state index contributed by atoms with van der Waals surface area (Å²) in [4.78, 5) is 20.6. The van der Waals surface area contributed by atoms with Gasteiger partial charge in [0.25, 0.3) is 0 Å². The van der Waals surface area contributed by atoms with Gasteiger partial charge in [-0.2, -0.15) is 0 Å². The minimum atomic E-state index is 0.658. The number of nitrogens with zero attached hydrogens (tertiary/aromatic N) is 5. The van der Waals surface area contributed by atoms with E-state index in [0.29, 0.717) is 11.5 Å². The third-order valence-electron chi connectivity index (χ3n) is 5.20. The molecule has 1 aliphatic rings. The zero-order chi connectivity index (χ0) is 20.9. The highest BCUT2D eigenvalue weighted by molar-refractivity contribution is 7.80. The lowest BCUT2D eigenvalue weighted by atomic mass is 10.2. The van der Waals surface area contributed by atoms with Crippen LogP contribution in [0.15, 0.2) is 31.0 Å². The fourth-order valence-corrected chi connectivity index (χ4v) is 3.86. The van der Waals surface area contributed by atoms with E-state index in [2.05, 4.69) is 35.1 Å². The van der Waals surface area contributed by atoms with E-state index >= 15 is 0 Å². The first-order chi connectivity index (χ1) is 14.7. The van der Waals surface area contributed by atoms with Crippen LogP contribution < -0.4 is 19.7 Å². The Bertz CT molecular complexity index is 1000. The summed E-state index contributed by atoms with van der Waals surface area (Å²) in [7, 11) is 3.25. The van der Waals surface area contributed by atoms with Crippen molar-refractivity contribution in [3.8, 4) is 11.5 Å². The number of fused-ring (bicyclic) bond motifs is 1. The predicted octanol–water partition coefficient (Wildman–Crippen LogP) is 1.61. The molecule has 30 heavy (non-hydrogen) atoms. The summed E-state index contributed by atoms with van der Waals surface area (Å²) in [5.74, 6) is 2.23. The Hall–Kier alpha value is -3.14. The molecular formula is C20H25N7O2S. The molecule has 2 aromatic heterocycles. The van der Waals surface area contributed by atoms with Gasteiger partial charge >= 0.3 is 0 Å². The van der Waals surface area contributed by atoms with Gasteiger partial charge in [-0.3, -0.25) is 0 Å². The lowest BCUT2D eigenvalue weighted by Crippen LogP contribution is -2.52. The number of nitrogens with one attached hydrogen (secondary N) is 2. The number of benzene rings is 1. The third-order valence-corrected chi connectivity index (χ3v) is 5.60. The highest BCUT2D eigenvalue weighted by Gasteiger charge is 2.22. The summed E-state index contributed by atoms with van der Waals surface area (Å²) in [5.41, 5.74) is 1.86. The summed E-state index contributed by atoms with van der Waals surface area (Å²) in [5, 5.41) is 5.06. The van der Waals surface area contributed by atoms with Crippen LogP contribution in [0.2, 0.25) is 0 Å². The van der Waals surface area contributed by atoms with Gasteiger partial charge in [0.1, 0.15) is 12.1 Å². The Morgan fingerprint density at radius 3 is 2.57 bits per heavy atom. The molecule has 2 N–H and O–H groups in total. The second-order valence-corrected chi connectivity index (χ2v) is 7.32. The molecule has 0 aliphatic carbocycles. The first-order valence-electron chi connectivity index (χ1n) is 9.81. The van der Waals surface area contributed by atoms with Crippen LogP contribution in [0.4, 0.5) is 5.82 Å². The Balaban J connectivity index is 1.40. The maximum Gasteiger partial charge on any atom is 0.169 e. The van der Waals surface area contributed by atoms with Crippen LogP contribution in [0.5, 0.6) is 11.5 Å². The molecule has 9 nitrogen and oxygen atoms in total. The van der Waals surface area contributed by atoms with Gasteiger partial charge in [-0.25, -0.2) is 15.0 Å². The first-order valence-corrected chi connectivity index (χ1v) is 10.2. The van der Waals surface area contributed by atoms with Crippen molar-refractivity contribution in [2.75, 3.05) is 51.8 Å². The van der Waals surface area contributed by atoms with Gasteiger partial charge in [0.05, 0.1) is 31.8 Å². The topological polar surface area (TPSA) is 91.4 Å². The van der Waals surface area contributed by atoms with Crippen LogP contribution in [-0.4, -0.2) is 76.9 Å². The number of imidazole rings is 1. The second kappa shape index (κ2) is 9.12. The predicted molar refractivity (Wildman–Crippen MR) is 119 cm³/mol. The van der Waals surface area contributed by atoms with E-state index in [1.807, 2.05) is 18.3 Å². The number of thiocarbonyl (C=S) groups is 1. The van der Waals surface area contributed by atoms with Crippen LogP contribution in [0.1, 0.15) is 5.69 Å². The van der Waals surface area contributed by atoms with Crippen LogP contribution in [0.25, 0.3) is 10.9 Å². The van der Waals surface area contributed by atoms with Crippen LogP contribution in [0, 0.1) is 0 Å². The van der Waals surface area contributed by atoms with E-state index in [0.717, 1.165) is 66.7 Å². The van der Waals surface area contributed by atoms with Crippen molar-refractivity contribution in [3.05, 3.63) is 36.7 Å². The van der Waals surface area contributed by atoms with Gasteiger partial charge in [0.2, 0.25) is 0 Å². The number of anilines is 1. The van der Waals surface area contributed by atoms with Crippen molar-refractivity contribution in [1.82, 2.24) is 30.2 Å². The molecule has 0 spiro atoms. The average Bonchev–Trinajstić information content (AvgIpc) is 3.31. The molecule has 4 rings (SSSR count). The number of aromatic nitrogens is 4. The van der Waals surface area contributed by atoms with Gasteiger partial charge in [0, 0.05) is 56.8 Å². The highest BCUT2D eigenvalue weighted by atomic mass is 32.1. The van der Waals surface area contributed by atoms with Gasteiger partial charge in [-0.15, -0.1) is 0 Å². The molecule has 1 saturated heterocycles. The monoisotopic (exact) mass is 427 g/mol. The largest absolute Gasteiger partial charge is 0.493 e. The molecule has 0 unspecified atom stereocenters. The van der Waals surface area contributed by atoms with E-state index in [4.69, 9.17) is 21.7 Å². The molecule has 1 aromatic carbocycles. The van der Waals surface area contributed by atoms with Gasteiger partial charge in [0.15, 0.2) is 16.6 Å². The van der Waals surface area contributed by atoms with Crippen molar-refractivity contribution < 1.29 is 9.47 Å². The maximum atomic E-state index is 5.57. The molecule has 3 aromatic rings. The van der Waals surface area contributed by atoms with Crippen molar-refractivity contribution >= 4 is 34.1 Å². The molecule has 0 atom stereocenters. The number of hydrogen-bond acceptors (Lipinski definition) is 7. The Labute approximate surface area is 180 Å².